The number of guanidine groups is 1. The molecule has 41 heavy (non-hydrogen) atoms. The minimum atomic E-state index is -0.886. The highest BCUT2D eigenvalue weighted by Crippen LogP contribution is 2.46. The van der Waals surface area contributed by atoms with Crippen LogP contribution in [0.5, 0.6) is 0 Å². The Morgan fingerprint density at radius 2 is 1.61 bits per heavy atom. The number of nitrogens with two attached hydrogens (primary N) is 1. The van der Waals surface area contributed by atoms with Crippen molar-refractivity contribution in [1.29, 1.82) is 5.41 Å². The SMILES string of the molecule is CCCC[C@@H]1NC[C@H](C(=O)C2(N3C[C@H](C(=O)N(CCCC)CCCC)NC(=O)[C@@H]3CCCNC(=N)N)CC2)NC1=O. The number of carbonyl (C=O) groups is 4. The molecule has 7 N–H and O–H groups in total. The monoisotopic (exact) mass is 576 g/mol. The standard InChI is InChI=1S/C29H52N8O4/c1-4-7-11-20-25(39)34-21(18-33-20)24(38)29(13-14-29)37-19-22(27(41)36(16-8-5-2)17-9-6-3)35-26(40)23(37)12-10-15-32-28(30)31/h20-23,33H,4-19H2,1-3H3,(H,34,39)(H,35,40)(H4,30,31,32)/t20-,21+,22+,23-/m0/s1. The molecule has 0 spiro atoms. The molecule has 0 aromatic carbocycles. The van der Waals surface area contributed by atoms with Crippen LogP contribution < -0.4 is 27.0 Å². The highest BCUT2D eigenvalue weighted by atomic mass is 16.2. The molecule has 12 heteroatoms. The van der Waals surface area contributed by atoms with Crippen molar-refractivity contribution < 1.29 is 19.2 Å². The van der Waals surface area contributed by atoms with Crippen LogP contribution in [-0.2, 0) is 19.2 Å². The predicted molar refractivity (Wildman–Crippen MR) is 158 cm³/mol. The summed E-state index contributed by atoms with van der Waals surface area (Å²) in [4.78, 5) is 57.9. The topological polar surface area (TPSA) is 173 Å². The van der Waals surface area contributed by atoms with E-state index in [2.05, 4.69) is 42.0 Å². The first-order chi connectivity index (χ1) is 19.7. The van der Waals surface area contributed by atoms with Crippen LogP contribution in [0.3, 0.4) is 0 Å². The first kappa shape index (κ1) is 32.8. The number of carbonyl (C=O) groups excluding carboxylic acids is 4. The van der Waals surface area contributed by atoms with E-state index in [4.69, 9.17) is 11.1 Å². The highest BCUT2D eigenvalue weighted by molar-refractivity contribution is 6.01. The lowest BCUT2D eigenvalue weighted by atomic mass is 9.92. The third kappa shape index (κ3) is 8.41. The van der Waals surface area contributed by atoms with Gasteiger partial charge in [-0.2, -0.15) is 0 Å². The summed E-state index contributed by atoms with van der Waals surface area (Å²) >= 11 is 0. The maximum absolute atomic E-state index is 14.0. The lowest BCUT2D eigenvalue weighted by Gasteiger charge is -2.45. The van der Waals surface area contributed by atoms with Gasteiger partial charge in [0.05, 0.1) is 17.6 Å². The van der Waals surface area contributed by atoms with Crippen LogP contribution in [0.25, 0.3) is 0 Å². The number of rotatable bonds is 17. The number of nitrogens with zero attached hydrogens (tertiary/aromatic N) is 2. The van der Waals surface area contributed by atoms with Crippen LogP contribution in [0.1, 0.15) is 91.4 Å². The fourth-order valence-corrected chi connectivity index (χ4v) is 6.04. The highest BCUT2D eigenvalue weighted by Gasteiger charge is 2.60. The largest absolute Gasteiger partial charge is 0.370 e. The van der Waals surface area contributed by atoms with Crippen LogP contribution in [0, 0.1) is 5.41 Å². The number of nitrogens with one attached hydrogen (secondary N) is 5. The van der Waals surface area contributed by atoms with Gasteiger partial charge in [0.25, 0.3) is 0 Å². The molecule has 4 atom stereocenters. The van der Waals surface area contributed by atoms with Crippen molar-refractivity contribution in [3.05, 3.63) is 0 Å². The van der Waals surface area contributed by atoms with Gasteiger partial charge in [-0.05, 0) is 44.9 Å². The Labute approximate surface area is 244 Å². The Hall–Kier alpha value is -2.73. The third-order valence-corrected chi connectivity index (χ3v) is 8.61. The lowest BCUT2D eigenvalue weighted by molar-refractivity contribution is -0.148. The smallest absolute Gasteiger partial charge is 0.246 e. The molecule has 232 valence electrons. The molecule has 2 saturated heterocycles. The summed E-state index contributed by atoms with van der Waals surface area (Å²) in [5.41, 5.74) is 4.53. The molecule has 0 radical (unpaired) electrons. The van der Waals surface area contributed by atoms with E-state index in [9.17, 15) is 19.2 Å². The zero-order chi connectivity index (χ0) is 30.0. The van der Waals surface area contributed by atoms with Gasteiger partial charge < -0.3 is 31.9 Å². The maximum atomic E-state index is 14.0. The second kappa shape index (κ2) is 15.5. The summed E-state index contributed by atoms with van der Waals surface area (Å²) < 4.78 is 0. The first-order valence-corrected chi connectivity index (χ1v) is 15.7. The molecule has 1 saturated carbocycles. The van der Waals surface area contributed by atoms with E-state index in [1.54, 1.807) is 0 Å². The number of Topliss-reactive ketones (excluding diaryl/α,β-unsaturated/α-hetero) is 1. The molecule has 0 unspecified atom stereocenters. The first-order valence-electron chi connectivity index (χ1n) is 15.7. The number of amides is 3. The zero-order valence-corrected chi connectivity index (χ0v) is 25.2. The number of ketones is 1. The lowest BCUT2D eigenvalue weighted by Crippen LogP contribution is -2.70. The van der Waals surface area contributed by atoms with E-state index in [0.717, 1.165) is 44.9 Å². The molecule has 3 aliphatic rings. The summed E-state index contributed by atoms with van der Waals surface area (Å²) in [6.45, 7) is 8.59. The van der Waals surface area contributed by atoms with Gasteiger partial charge in [-0.15, -0.1) is 0 Å². The van der Waals surface area contributed by atoms with Crippen molar-refractivity contribution in [3.63, 3.8) is 0 Å². The quantitative estimate of drug-likeness (QED) is 0.0829. The van der Waals surface area contributed by atoms with Crippen molar-refractivity contribution in [2.45, 2.75) is 121 Å². The number of hydrogen-bond donors (Lipinski definition) is 6. The van der Waals surface area contributed by atoms with Gasteiger partial charge in [-0.25, -0.2) is 0 Å². The average Bonchev–Trinajstić information content (AvgIpc) is 3.76. The van der Waals surface area contributed by atoms with Crippen molar-refractivity contribution in [2.75, 3.05) is 32.7 Å². The summed E-state index contributed by atoms with van der Waals surface area (Å²) in [6, 6.07) is -2.29. The molecule has 3 amide bonds. The minimum Gasteiger partial charge on any atom is -0.370 e. The molecule has 0 aromatic rings. The van der Waals surface area contributed by atoms with E-state index >= 15 is 0 Å². The molecule has 2 heterocycles. The van der Waals surface area contributed by atoms with Crippen LogP contribution in [-0.4, -0.2) is 102 Å². The van der Waals surface area contributed by atoms with Gasteiger partial charge in [0.1, 0.15) is 12.1 Å². The summed E-state index contributed by atoms with van der Waals surface area (Å²) in [5, 5.41) is 19.4. The van der Waals surface area contributed by atoms with Crippen molar-refractivity contribution >= 4 is 29.5 Å². The number of unbranched alkanes of at least 4 members (excludes halogenated alkanes) is 3. The molecule has 2 aliphatic heterocycles. The molecular weight excluding hydrogens is 524 g/mol. The van der Waals surface area contributed by atoms with E-state index in [0.29, 0.717) is 51.9 Å². The van der Waals surface area contributed by atoms with Gasteiger partial charge in [0, 0.05) is 32.7 Å². The van der Waals surface area contributed by atoms with Crippen molar-refractivity contribution in [3.8, 4) is 0 Å². The normalized spacial score (nSPS) is 25.6. The molecule has 0 bridgehead atoms. The Kier molecular flexibility index (Phi) is 12.4. The molecule has 12 nitrogen and oxygen atoms in total. The zero-order valence-electron chi connectivity index (χ0n) is 25.2. The summed E-state index contributed by atoms with van der Waals surface area (Å²) in [6.07, 6.45) is 8.55. The molecule has 0 aromatic heterocycles. The van der Waals surface area contributed by atoms with Crippen molar-refractivity contribution in [2.24, 2.45) is 5.73 Å². The van der Waals surface area contributed by atoms with Gasteiger partial charge in [0.15, 0.2) is 11.7 Å². The molecule has 3 rings (SSSR count). The minimum absolute atomic E-state index is 0.0890. The van der Waals surface area contributed by atoms with E-state index in [-0.39, 0.29) is 42.1 Å². The summed E-state index contributed by atoms with van der Waals surface area (Å²) in [7, 11) is 0. The average molecular weight is 577 g/mol. The van der Waals surface area contributed by atoms with E-state index in [1.165, 1.54) is 0 Å². The van der Waals surface area contributed by atoms with Crippen molar-refractivity contribution in [1.82, 2.24) is 31.1 Å². The van der Waals surface area contributed by atoms with Gasteiger partial charge in [-0.1, -0.05) is 46.5 Å². The number of piperazine rings is 2. The van der Waals surface area contributed by atoms with Gasteiger partial charge in [-0.3, -0.25) is 29.5 Å². The second-order valence-corrected chi connectivity index (χ2v) is 11.8. The Morgan fingerprint density at radius 1 is 0.976 bits per heavy atom. The Morgan fingerprint density at radius 3 is 2.17 bits per heavy atom. The maximum Gasteiger partial charge on any atom is 0.246 e. The fourth-order valence-electron chi connectivity index (χ4n) is 6.04. The molecule has 1 aliphatic carbocycles. The van der Waals surface area contributed by atoms with Crippen LogP contribution in [0.15, 0.2) is 0 Å². The van der Waals surface area contributed by atoms with E-state index in [1.807, 2.05) is 9.80 Å². The Bertz CT molecular complexity index is 932. The predicted octanol–water partition coefficient (Wildman–Crippen LogP) is 0.596. The fraction of sp³-hybridized carbons (Fsp3) is 0.828. The summed E-state index contributed by atoms with van der Waals surface area (Å²) in [5.74, 6) is -0.734. The van der Waals surface area contributed by atoms with Gasteiger partial charge >= 0.3 is 0 Å². The third-order valence-electron chi connectivity index (χ3n) is 8.61. The second-order valence-electron chi connectivity index (χ2n) is 11.8. The van der Waals surface area contributed by atoms with Crippen LogP contribution in [0.2, 0.25) is 0 Å². The van der Waals surface area contributed by atoms with Gasteiger partial charge in [0.2, 0.25) is 17.7 Å². The van der Waals surface area contributed by atoms with Crippen LogP contribution >= 0.6 is 0 Å². The molecule has 3 fully saturated rings. The Balaban J connectivity index is 1.80. The van der Waals surface area contributed by atoms with E-state index < -0.39 is 23.7 Å². The number of hydrogen-bond acceptors (Lipinski definition) is 7. The molecular formula is C29H52N8O4. The van der Waals surface area contributed by atoms with Crippen LogP contribution in [0.4, 0.5) is 0 Å².